The summed E-state index contributed by atoms with van der Waals surface area (Å²) in [6.45, 7) is 0. The molecule has 0 bridgehead atoms. The van der Waals surface area contributed by atoms with E-state index in [1.165, 1.54) is 6.07 Å². The minimum Gasteiger partial charge on any atom is -0.462 e. The fourth-order valence-electron chi connectivity index (χ4n) is 4.81. The zero-order valence-electron chi connectivity index (χ0n) is 17.4. The first kappa shape index (κ1) is 22.0. The number of carbonyl (C=O) groups excluding carboxylic acids is 1. The Morgan fingerprint density at radius 1 is 1.10 bits per heavy atom. The summed E-state index contributed by atoms with van der Waals surface area (Å²) in [7, 11) is 0. The van der Waals surface area contributed by atoms with Gasteiger partial charge in [0.2, 0.25) is 0 Å². The van der Waals surface area contributed by atoms with Gasteiger partial charge in [-0.05, 0) is 93.7 Å². The monoisotopic (exact) mass is 408 g/mol. The van der Waals surface area contributed by atoms with Crippen LogP contribution in [0.25, 0.3) is 0 Å². The lowest BCUT2D eigenvalue weighted by molar-refractivity contribution is -0.157. The molecule has 0 N–H and O–H groups in total. The summed E-state index contributed by atoms with van der Waals surface area (Å²) in [5.74, 6) is 0.305. The van der Waals surface area contributed by atoms with Gasteiger partial charge in [-0.3, -0.25) is 4.79 Å². The van der Waals surface area contributed by atoms with Crippen LogP contribution in [0.5, 0.6) is 0 Å². The largest absolute Gasteiger partial charge is 0.462 e. The van der Waals surface area contributed by atoms with Crippen LogP contribution in [0.4, 0.5) is 4.39 Å². The summed E-state index contributed by atoms with van der Waals surface area (Å²) in [5.41, 5.74) is 0.991. The smallest absolute Gasteiger partial charge is 0.309 e. The van der Waals surface area contributed by atoms with Gasteiger partial charge in [0, 0.05) is 6.08 Å². The van der Waals surface area contributed by atoms with Gasteiger partial charge in [0.05, 0.1) is 17.6 Å². The van der Waals surface area contributed by atoms with Crippen molar-refractivity contribution in [3.63, 3.8) is 0 Å². The molecule has 2 saturated carbocycles. The second kappa shape index (κ2) is 10.9. The molecule has 2 aliphatic rings. The first-order valence-corrected chi connectivity index (χ1v) is 11.1. The zero-order chi connectivity index (χ0) is 21.3. The predicted molar refractivity (Wildman–Crippen MR) is 112 cm³/mol. The zero-order valence-corrected chi connectivity index (χ0v) is 17.4. The molecule has 2 aliphatic carbocycles. The van der Waals surface area contributed by atoms with Crippen LogP contribution in [0.3, 0.4) is 0 Å². The van der Waals surface area contributed by atoms with Crippen molar-refractivity contribution in [2.24, 2.45) is 11.8 Å². The molecule has 5 heteroatoms. The number of allylic oxidation sites excluding steroid dienone is 2. The lowest BCUT2D eigenvalue weighted by Crippen LogP contribution is -2.29. The second-order valence-corrected chi connectivity index (χ2v) is 8.59. The molecule has 0 aromatic heterocycles. The van der Waals surface area contributed by atoms with E-state index >= 15 is 0 Å². The molecule has 0 spiro atoms. The molecular weight excluding hydrogens is 379 g/mol. The highest BCUT2D eigenvalue weighted by molar-refractivity contribution is 5.72. The second-order valence-electron chi connectivity index (χ2n) is 8.59. The van der Waals surface area contributed by atoms with Gasteiger partial charge < -0.3 is 4.74 Å². The van der Waals surface area contributed by atoms with Gasteiger partial charge in [-0.25, -0.2) is 4.39 Å². The number of rotatable bonds is 6. The molecular formula is C25H29FN2O2. The summed E-state index contributed by atoms with van der Waals surface area (Å²) < 4.78 is 19.7. The van der Waals surface area contributed by atoms with Crippen LogP contribution >= 0.6 is 0 Å². The molecule has 1 aromatic carbocycles. The third kappa shape index (κ3) is 5.92. The number of nitriles is 2. The molecule has 158 valence electrons. The first-order valence-electron chi connectivity index (χ1n) is 11.1. The molecule has 0 heterocycles. The van der Waals surface area contributed by atoms with E-state index in [9.17, 15) is 9.18 Å². The molecule has 0 amide bonds. The number of halogens is 1. The highest BCUT2D eigenvalue weighted by Gasteiger charge is 2.31. The number of hydrogen-bond donors (Lipinski definition) is 0. The SMILES string of the molecule is N#C/C=C/CCC1CCC(OC(=O)C2CCC(c3ccc(C#N)c(F)c3)CC2)CC1. The lowest BCUT2D eigenvalue weighted by Gasteiger charge is -2.31. The van der Waals surface area contributed by atoms with E-state index in [4.69, 9.17) is 15.3 Å². The molecule has 1 aromatic rings. The molecule has 0 aliphatic heterocycles. The Bertz CT molecular complexity index is 836. The first-order chi connectivity index (χ1) is 14.6. The van der Waals surface area contributed by atoms with Gasteiger partial charge in [0.15, 0.2) is 0 Å². The minimum atomic E-state index is -0.465. The Morgan fingerprint density at radius 2 is 1.83 bits per heavy atom. The van der Waals surface area contributed by atoms with E-state index in [1.54, 1.807) is 12.1 Å². The van der Waals surface area contributed by atoms with Crippen molar-refractivity contribution in [1.82, 2.24) is 0 Å². The maximum absolute atomic E-state index is 13.9. The van der Waals surface area contributed by atoms with Crippen LogP contribution in [0.15, 0.2) is 30.4 Å². The summed E-state index contributed by atoms with van der Waals surface area (Å²) in [4.78, 5) is 12.6. The molecule has 4 nitrogen and oxygen atoms in total. The Balaban J connectivity index is 1.40. The van der Waals surface area contributed by atoms with Gasteiger partial charge in [0.1, 0.15) is 18.0 Å². The fourth-order valence-corrected chi connectivity index (χ4v) is 4.81. The van der Waals surface area contributed by atoms with Crippen molar-refractivity contribution >= 4 is 5.97 Å². The lowest BCUT2D eigenvalue weighted by atomic mass is 9.78. The van der Waals surface area contributed by atoms with Crippen LogP contribution in [0.1, 0.15) is 81.3 Å². The van der Waals surface area contributed by atoms with E-state index in [0.717, 1.165) is 69.8 Å². The minimum absolute atomic E-state index is 0.0359. The van der Waals surface area contributed by atoms with Crippen molar-refractivity contribution in [2.75, 3.05) is 0 Å². The number of benzene rings is 1. The van der Waals surface area contributed by atoms with Gasteiger partial charge in [-0.1, -0.05) is 12.1 Å². The van der Waals surface area contributed by atoms with Gasteiger partial charge in [-0.15, -0.1) is 0 Å². The normalized spacial score (nSPS) is 26.6. The number of carbonyl (C=O) groups is 1. The van der Waals surface area contributed by atoms with Gasteiger partial charge >= 0.3 is 5.97 Å². The average molecular weight is 409 g/mol. The molecule has 30 heavy (non-hydrogen) atoms. The van der Waals surface area contributed by atoms with E-state index in [2.05, 4.69) is 0 Å². The maximum atomic E-state index is 13.9. The van der Waals surface area contributed by atoms with Gasteiger partial charge in [-0.2, -0.15) is 10.5 Å². The summed E-state index contributed by atoms with van der Waals surface area (Å²) in [6.07, 6.45) is 12.8. The molecule has 3 rings (SSSR count). The number of esters is 1. The van der Waals surface area contributed by atoms with Gasteiger partial charge in [0.25, 0.3) is 0 Å². The van der Waals surface area contributed by atoms with Crippen molar-refractivity contribution in [3.05, 3.63) is 47.3 Å². The van der Waals surface area contributed by atoms with E-state index in [1.807, 2.05) is 24.3 Å². The molecule has 0 unspecified atom stereocenters. The Kier molecular flexibility index (Phi) is 8.03. The number of hydrogen-bond acceptors (Lipinski definition) is 4. The fraction of sp³-hybridized carbons (Fsp3) is 0.560. The summed E-state index contributed by atoms with van der Waals surface area (Å²) in [5, 5.41) is 17.4. The molecule has 0 atom stereocenters. The summed E-state index contributed by atoms with van der Waals surface area (Å²) >= 11 is 0. The Morgan fingerprint density at radius 3 is 2.47 bits per heavy atom. The van der Waals surface area contributed by atoms with E-state index in [0.29, 0.717) is 5.92 Å². The highest BCUT2D eigenvalue weighted by Crippen LogP contribution is 2.37. The van der Waals surface area contributed by atoms with Crippen LogP contribution in [0, 0.1) is 40.3 Å². The van der Waals surface area contributed by atoms with Crippen molar-refractivity contribution < 1.29 is 13.9 Å². The third-order valence-electron chi connectivity index (χ3n) is 6.66. The topological polar surface area (TPSA) is 73.9 Å². The maximum Gasteiger partial charge on any atom is 0.309 e. The van der Waals surface area contributed by atoms with E-state index < -0.39 is 5.82 Å². The predicted octanol–water partition coefficient (Wildman–Crippen LogP) is 5.93. The average Bonchev–Trinajstić information content (AvgIpc) is 2.78. The molecule has 0 saturated heterocycles. The summed E-state index contributed by atoms with van der Waals surface area (Å²) in [6, 6.07) is 8.72. The highest BCUT2D eigenvalue weighted by atomic mass is 19.1. The van der Waals surface area contributed by atoms with Crippen LogP contribution < -0.4 is 0 Å². The van der Waals surface area contributed by atoms with E-state index in [-0.39, 0.29) is 29.5 Å². The van der Waals surface area contributed by atoms with Crippen LogP contribution in [-0.2, 0) is 9.53 Å². The van der Waals surface area contributed by atoms with Crippen LogP contribution in [-0.4, -0.2) is 12.1 Å². The molecule has 2 fully saturated rings. The number of ether oxygens (including phenoxy) is 1. The van der Waals surface area contributed by atoms with Crippen molar-refractivity contribution in [1.29, 1.82) is 10.5 Å². The van der Waals surface area contributed by atoms with Crippen molar-refractivity contribution in [3.8, 4) is 12.1 Å². The quantitative estimate of drug-likeness (QED) is 0.432. The standard InChI is InChI=1S/C25H29FN2O2/c26-24-16-21(11-12-22(24)17-28)19-7-9-20(10-8-19)25(29)30-23-13-5-18(6-14-23)4-2-1-3-15-27/h1,3,11-12,16,18-20,23H,2,4-10,13-14H2/b3-1+. The molecule has 0 radical (unpaired) electrons. The Hall–Kier alpha value is -2.66. The Labute approximate surface area is 178 Å². The van der Waals surface area contributed by atoms with Crippen molar-refractivity contribution in [2.45, 2.75) is 76.2 Å². The van der Waals surface area contributed by atoms with Crippen LogP contribution in [0.2, 0.25) is 0 Å². The number of nitrogens with zero attached hydrogens (tertiary/aromatic N) is 2. The third-order valence-corrected chi connectivity index (χ3v) is 6.66.